The number of anilines is 1. The zero-order valence-corrected chi connectivity index (χ0v) is 18.5. The summed E-state index contributed by atoms with van der Waals surface area (Å²) in [7, 11) is 2.16. The summed E-state index contributed by atoms with van der Waals surface area (Å²) in [6, 6.07) is 15.7. The van der Waals surface area contributed by atoms with Crippen molar-refractivity contribution in [3.8, 4) is 10.6 Å². The van der Waals surface area contributed by atoms with E-state index >= 15 is 0 Å². The molecule has 0 bridgehead atoms. The lowest BCUT2D eigenvalue weighted by Crippen LogP contribution is -2.43. The summed E-state index contributed by atoms with van der Waals surface area (Å²) in [5.41, 5.74) is 3.69. The molecule has 4 rings (SSSR count). The third-order valence-corrected chi connectivity index (χ3v) is 6.46. The highest BCUT2D eigenvalue weighted by molar-refractivity contribution is 7.13. The summed E-state index contributed by atoms with van der Waals surface area (Å²) < 4.78 is 0. The fourth-order valence-electron chi connectivity index (χ4n) is 3.53. The fourth-order valence-corrected chi connectivity index (χ4v) is 4.67. The largest absolute Gasteiger partial charge is 0.326 e. The molecular formula is C23H25ClN4OS. The lowest BCUT2D eigenvalue weighted by atomic mass is 10.1. The van der Waals surface area contributed by atoms with Gasteiger partial charge in [0.15, 0.2) is 0 Å². The van der Waals surface area contributed by atoms with Crippen LogP contribution in [0.4, 0.5) is 5.69 Å². The van der Waals surface area contributed by atoms with Gasteiger partial charge in [0.25, 0.3) is 0 Å². The number of hydrogen-bond acceptors (Lipinski definition) is 5. The van der Waals surface area contributed by atoms with Gasteiger partial charge in [-0.25, -0.2) is 4.98 Å². The van der Waals surface area contributed by atoms with Crippen LogP contribution in [0, 0.1) is 0 Å². The maximum atomic E-state index is 12.5. The van der Waals surface area contributed by atoms with Crippen molar-refractivity contribution < 1.29 is 4.79 Å². The van der Waals surface area contributed by atoms with Crippen molar-refractivity contribution in [2.45, 2.75) is 13.0 Å². The van der Waals surface area contributed by atoms with E-state index < -0.39 is 0 Å². The summed E-state index contributed by atoms with van der Waals surface area (Å²) in [5.74, 6) is -0.0669. The minimum Gasteiger partial charge on any atom is -0.326 e. The molecular weight excluding hydrogens is 416 g/mol. The van der Waals surface area contributed by atoms with Gasteiger partial charge in [-0.1, -0.05) is 41.9 Å². The smallest absolute Gasteiger partial charge is 0.230 e. The number of halogens is 1. The molecule has 0 saturated carbocycles. The van der Waals surface area contributed by atoms with E-state index in [1.165, 1.54) is 16.9 Å². The van der Waals surface area contributed by atoms with Crippen LogP contribution >= 0.6 is 22.9 Å². The SMILES string of the molecule is CN1CCN(Cc2cccc(NC(=O)Cc3csc(-c4ccccc4Cl)n3)c2)CC1. The first-order valence-electron chi connectivity index (χ1n) is 10.1. The van der Waals surface area contributed by atoms with E-state index in [9.17, 15) is 4.79 Å². The topological polar surface area (TPSA) is 48.5 Å². The highest BCUT2D eigenvalue weighted by atomic mass is 35.5. The van der Waals surface area contributed by atoms with Crippen molar-refractivity contribution in [3.05, 3.63) is 70.2 Å². The van der Waals surface area contributed by atoms with Crippen molar-refractivity contribution in [3.63, 3.8) is 0 Å². The molecule has 1 aliphatic heterocycles. The molecule has 1 saturated heterocycles. The van der Waals surface area contributed by atoms with Gasteiger partial charge in [0.05, 0.1) is 17.1 Å². The molecule has 2 aromatic carbocycles. The van der Waals surface area contributed by atoms with Gasteiger partial charge in [-0.15, -0.1) is 11.3 Å². The van der Waals surface area contributed by atoms with Crippen molar-refractivity contribution in [2.75, 3.05) is 38.5 Å². The molecule has 1 fully saturated rings. The summed E-state index contributed by atoms with van der Waals surface area (Å²) in [6.45, 7) is 5.25. The maximum Gasteiger partial charge on any atom is 0.230 e. The molecule has 1 aromatic heterocycles. The summed E-state index contributed by atoms with van der Waals surface area (Å²) in [6.07, 6.45) is 0.240. The monoisotopic (exact) mass is 440 g/mol. The van der Waals surface area contributed by atoms with Crippen LogP contribution in [0.5, 0.6) is 0 Å². The van der Waals surface area contributed by atoms with Crippen LogP contribution in [-0.4, -0.2) is 53.9 Å². The number of carbonyl (C=O) groups excluding carboxylic acids is 1. The molecule has 156 valence electrons. The molecule has 0 atom stereocenters. The first-order chi connectivity index (χ1) is 14.6. The van der Waals surface area contributed by atoms with Crippen LogP contribution in [0.2, 0.25) is 5.02 Å². The third kappa shape index (κ3) is 5.46. The van der Waals surface area contributed by atoms with E-state index in [0.29, 0.717) is 5.02 Å². The average Bonchev–Trinajstić information content (AvgIpc) is 3.18. The Morgan fingerprint density at radius 1 is 1.13 bits per heavy atom. The molecule has 2 heterocycles. The van der Waals surface area contributed by atoms with Gasteiger partial charge in [-0.3, -0.25) is 9.69 Å². The number of benzene rings is 2. The number of nitrogens with one attached hydrogen (secondary N) is 1. The molecule has 1 aliphatic rings. The van der Waals surface area contributed by atoms with E-state index in [2.05, 4.69) is 39.3 Å². The fraction of sp³-hybridized carbons (Fsp3) is 0.304. The lowest BCUT2D eigenvalue weighted by molar-refractivity contribution is -0.115. The summed E-state index contributed by atoms with van der Waals surface area (Å²) in [4.78, 5) is 21.9. The second-order valence-corrected chi connectivity index (χ2v) is 8.89. The second-order valence-electron chi connectivity index (χ2n) is 7.63. The Morgan fingerprint density at radius 3 is 2.73 bits per heavy atom. The predicted molar refractivity (Wildman–Crippen MR) is 124 cm³/mol. The number of amides is 1. The standard InChI is InChI=1S/C23H25ClN4OS/c1-27-9-11-28(12-10-27)15-17-5-4-6-18(13-17)25-22(29)14-19-16-30-23(26-19)20-7-2-3-8-21(20)24/h2-8,13,16H,9-12,14-15H2,1H3,(H,25,29). The third-order valence-electron chi connectivity index (χ3n) is 5.21. The number of hydrogen-bond donors (Lipinski definition) is 1. The molecule has 3 aromatic rings. The number of nitrogens with zero attached hydrogens (tertiary/aromatic N) is 3. The quantitative estimate of drug-likeness (QED) is 0.617. The maximum absolute atomic E-state index is 12.5. The predicted octanol–water partition coefficient (Wildman–Crippen LogP) is 4.39. The van der Waals surface area contributed by atoms with E-state index in [1.807, 2.05) is 41.8 Å². The minimum absolute atomic E-state index is 0.0669. The summed E-state index contributed by atoms with van der Waals surface area (Å²) >= 11 is 7.76. The van der Waals surface area contributed by atoms with Gasteiger partial charge >= 0.3 is 0 Å². The lowest BCUT2D eigenvalue weighted by Gasteiger charge is -2.32. The van der Waals surface area contributed by atoms with Gasteiger partial charge < -0.3 is 10.2 Å². The van der Waals surface area contributed by atoms with E-state index in [4.69, 9.17) is 11.6 Å². The second kappa shape index (κ2) is 9.71. The Morgan fingerprint density at radius 2 is 1.93 bits per heavy atom. The van der Waals surface area contributed by atoms with E-state index in [-0.39, 0.29) is 12.3 Å². The van der Waals surface area contributed by atoms with Gasteiger partial charge in [-0.2, -0.15) is 0 Å². The first-order valence-corrected chi connectivity index (χ1v) is 11.3. The van der Waals surface area contributed by atoms with Crippen molar-refractivity contribution >= 4 is 34.5 Å². The zero-order valence-electron chi connectivity index (χ0n) is 17.0. The molecule has 0 radical (unpaired) electrons. The van der Waals surface area contributed by atoms with Gasteiger partial charge in [-0.05, 0) is 30.8 Å². The zero-order chi connectivity index (χ0) is 20.9. The van der Waals surface area contributed by atoms with Crippen molar-refractivity contribution in [1.29, 1.82) is 0 Å². The Bertz CT molecular complexity index is 1010. The first kappa shape index (κ1) is 21.0. The van der Waals surface area contributed by atoms with Crippen molar-refractivity contribution in [1.82, 2.24) is 14.8 Å². The average molecular weight is 441 g/mol. The van der Waals surface area contributed by atoms with Gasteiger partial charge in [0.1, 0.15) is 5.01 Å². The van der Waals surface area contributed by atoms with Crippen molar-refractivity contribution in [2.24, 2.45) is 0 Å². The minimum atomic E-state index is -0.0669. The van der Waals surface area contributed by atoms with E-state index in [1.54, 1.807) is 0 Å². The Balaban J connectivity index is 1.35. The van der Waals surface area contributed by atoms with Gasteiger partial charge in [0.2, 0.25) is 5.91 Å². The normalized spacial score (nSPS) is 15.3. The van der Waals surface area contributed by atoms with Gasteiger partial charge in [0, 0.05) is 49.4 Å². The number of aromatic nitrogens is 1. The molecule has 7 heteroatoms. The molecule has 1 N–H and O–H groups in total. The molecule has 0 aliphatic carbocycles. The van der Waals surface area contributed by atoms with Crippen LogP contribution in [-0.2, 0) is 17.8 Å². The molecule has 0 spiro atoms. The Labute approximate surface area is 186 Å². The highest BCUT2D eigenvalue weighted by Gasteiger charge is 2.15. The van der Waals surface area contributed by atoms with Crippen LogP contribution in [0.15, 0.2) is 53.9 Å². The Kier molecular flexibility index (Phi) is 6.79. The van der Waals surface area contributed by atoms with Crippen LogP contribution in [0.3, 0.4) is 0 Å². The molecule has 30 heavy (non-hydrogen) atoms. The number of likely N-dealkylation sites (N-methyl/N-ethyl adjacent to an activating group) is 1. The molecule has 0 unspecified atom stereocenters. The number of thiazole rings is 1. The molecule has 5 nitrogen and oxygen atoms in total. The number of piperazine rings is 1. The highest BCUT2D eigenvalue weighted by Crippen LogP contribution is 2.30. The van der Waals surface area contributed by atoms with E-state index in [0.717, 1.165) is 54.7 Å². The van der Waals surface area contributed by atoms with Crippen LogP contribution < -0.4 is 5.32 Å². The summed E-state index contributed by atoms with van der Waals surface area (Å²) in [5, 5.41) is 6.42. The Hall–Kier alpha value is -2.25. The van der Waals surface area contributed by atoms with Crippen LogP contribution in [0.25, 0.3) is 10.6 Å². The molecule has 1 amide bonds. The number of carbonyl (C=O) groups is 1. The van der Waals surface area contributed by atoms with Crippen LogP contribution in [0.1, 0.15) is 11.3 Å². The number of rotatable bonds is 6.